The molecule has 7 nitrogen and oxygen atoms in total. The van der Waals surface area contributed by atoms with E-state index in [9.17, 15) is 14.7 Å². The van der Waals surface area contributed by atoms with E-state index in [0.29, 0.717) is 12.1 Å². The maximum atomic E-state index is 12.3. The second-order valence-electron chi connectivity index (χ2n) is 5.45. The summed E-state index contributed by atoms with van der Waals surface area (Å²) in [6, 6.07) is -1.10. The Bertz CT molecular complexity index is 510. The Morgan fingerprint density at radius 1 is 1.57 bits per heavy atom. The van der Waals surface area contributed by atoms with Crippen LogP contribution in [0.25, 0.3) is 0 Å². The number of carboxylic acid groups (broad SMARTS) is 1. The first-order valence-corrected chi connectivity index (χ1v) is 7.31. The zero-order valence-electron chi connectivity index (χ0n) is 12.5. The number of nitrogens with one attached hydrogen (secondary N) is 1. The van der Waals surface area contributed by atoms with Gasteiger partial charge in [0, 0.05) is 31.4 Å². The molecule has 1 fully saturated rings. The number of hydrogen-bond acceptors (Lipinski definition) is 3. The van der Waals surface area contributed by atoms with Crippen LogP contribution in [0.4, 0.5) is 4.79 Å². The summed E-state index contributed by atoms with van der Waals surface area (Å²) in [4.78, 5) is 25.5. The first-order chi connectivity index (χ1) is 10.0. The largest absolute Gasteiger partial charge is 0.479 e. The Labute approximate surface area is 123 Å². The lowest BCUT2D eigenvalue weighted by Crippen LogP contribution is -2.45. The average molecular weight is 294 g/mol. The molecule has 7 heteroatoms. The third-order valence-electron chi connectivity index (χ3n) is 3.57. The minimum atomic E-state index is -1.08. The van der Waals surface area contributed by atoms with Crippen molar-refractivity contribution in [2.24, 2.45) is 7.05 Å². The highest BCUT2D eigenvalue weighted by atomic mass is 16.4. The highest BCUT2D eigenvalue weighted by Gasteiger charge is 2.34. The number of rotatable bonds is 7. The molecule has 1 aliphatic rings. The Morgan fingerprint density at radius 3 is 2.76 bits per heavy atom. The van der Waals surface area contributed by atoms with Crippen molar-refractivity contribution in [2.45, 2.75) is 44.7 Å². The molecule has 2 N–H and O–H groups in total. The predicted molar refractivity (Wildman–Crippen MR) is 76.8 cm³/mol. The van der Waals surface area contributed by atoms with Gasteiger partial charge in [-0.3, -0.25) is 4.68 Å². The lowest BCUT2D eigenvalue weighted by Gasteiger charge is -2.24. The summed E-state index contributed by atoms with van der Waals surface area (Å²) in [6.45, 7) is 2.74. The van der Waals surface area contributed by atoms with Gasteiger partial charge in [-0.15, -0.1) is 0 Å². The lowest BCUT2D eigenvalue weighted by molar-refractivity contribution is -0.139. The number of aryl methyl sites for hydroxylation is 1. The van der Waals surface area contributed by atoms with Crippen LogP contribution in [0.5, 0.6) is 0 Å². The van der Waals surface area contributed by atoms with Crippen LogP contribution in [0.15, 0.2) is 12.4 Å². The van der Waals surface area contributed by atoms with Gasteiger partial charge < -0.3 is 15.3 Å². The number of carbonyl (C=O) groups is 2. The third kappa shape index (κ3) is 3.96. The van der Waals surface area contributed by atoms with Crippen molar-refractivity contribution in [3.8, 4) is 0 Å². The summed E-state index contributed by atoms with van der Waals surface area (Å²) < 4.78 is 1.52. The quantitative estimate of drug-likeness (QED) is 0.798. The van der Waals surface area contributed by atoms with Gasteiger partial charge in [0.1, 0.15) is 0 Å². The molecule has 0 spiro atoms. The van der Waals surface area contributed by atoms with Crippen LogP contribution < -0.4 is 5.32 Å². The van der Waals surface area contributed by atoms with E-state index in [1.54, 1.807) is 18.1 Å². The Morgan fingerprint density at radius 2 is 2.29 bits per heavy atom. The molecule has 2 rings (SSSR count). The molecule has 0 aromatic carbocycles. The van der Waals surface area contributed by atoms with Crippen molar-refractivity contribution in [2.75, 3.05) is 6.54 Å². The Balaban J connectivity index is 2.04. The van der Waals surface area contributed by atoms with Gasteiger partial charge in [0.25, 0.3) is 0 Å². The predicted octanol–water partition coefficient (Wildman–Crippen LogP) is 1.52. The van der Waals surface area contributed by atoms with Crippen molar-refractivity contribution in [1.29, 1.82) is 0 Å². The number of hydrogen-bond donors (Lipinski definition) is 2. The van der Waals surface area contributed by atoms with Gasteiger partial charge in [-0.05, 0) is 19.3 Å². The SMILES string of the molecule is CCCCN(C(=O)NC(C(=O)O)c1cnn(C)c1)C1CC1. The number of aromatic nitrogens is 2. The van der Waals surface area contributed by atoms with Crippen LogP contribution in [-0.4, -0.2) is 44.4 Å². The normalized spacial score (nSPS) is 15.5. The minimum absolute atomic E-state index is 0.264. The summed E-state index contributed by atoms with van der Waals surface area (Å²) in [5.41, 5.74) is 0.476. The molecule has 1 aromatic heterocycles. The molecule has 21 heavy (non-hydrogen) atoms. The molecule has 2 amide bonds. The lowest BCUT2D eigenvalue weighted by atomic mass is 10.1. The molecule has 1 saturated carbocycles. The summed E-state index contributed by atoms with van der Waals surface area (Å²) >= 11 is 0. The van der Waals surface area contributed by atoms with Crippen LogP contribution in [-0.2, 0) is 11.8 Å². The number of carbonyl (C=O) groups excluding carboxylic acids is 1. The molecule has 0 radical (unpaired) electrons. The second-order valence-corrected chi connectivity index (χ2v) is 5.45. The Hall–Kier alpha value is -2.05. The number of amides is 2. The summed E-state index contributed by atoms with van der Waals surface area (Å²) in [5, 5.41) is 15.9. The first-order valence-electron chi connectivity index (χ1n) is 7.31. The number of urea groups is 1. The highest BCUT2D eigenvalue weighted by molar-refractivity contribution is 5.83. The van der Waals surface area contributed by atoms with Crippen molar-refractivity contribution in [3.63, 3.8) is 0 Å². The standard InChI is InChI=1S/C14H22N4O3/c1-3-4-7-18(11-5-6-11)14(21)16-12(13(19)20)10-8-15-17(2)9-10/h8-9,11-12H,3-7H2,1-2H3,(H,16,21)(H,19,20). The van der Waals surface area contributed by atoms with E-state index in [1.165, 1.54) is 10.9 Å². The summed E-state index contributed by atoms with van der Waals surface area (Å²) in [5.74, 6) is -1.08. The van der Waals surface area contributed by atoms with Gasteiger partial charge in [0.2, 0.25) is 0 Å². The molecule has 116 valence electrons. The molecule has 1 atom stereocenters. The zero-order chi connectivity index (χ0) is 15.4. The molecule has 0 bridgehead atoms. The topological polar surface area (TPSA) is 87.5 Å². The molecular formula is C14H22N4O3. The molecule has 1 unspecified atom stereocenters. The van der Waals surface area contributed by atoms with E-state index in [0.717, 1.165) is 25.7 Å². The van der Waals surface area contributed by atoms with Crippen LogP contribution in [0.1, 0.15) is 44.2 Å². The Kier molecular flexibility index (Phi) is 4.82. The van der Waals surface area contributed by atoms with Gasteiger partial charge in [0.15, 0.2) is 6.04 Å². The first kappa shape index (κ1) is 15.3. The average Bonchev–Trinajstić information content (AvgIpc) is 3.18. The van der Waals surface area contributed by atoms with Crippen molar-refractivity contribution in [1.82, 2.24) is 20.0 Å². The van der Waals surface area contributed by atoms with Crippen LogP contribution in [0.2, 0.25) is 0 Å². The number of nitrogens with zero attached hydrogens (tertiary/aromatic N) is 3. The van der Waals surface area contributed by atoms with Gasteiger partial charge in [-0.25, -0.2) is 9.59 Å². The molecule has 0 saturated heterocycles. The number of unbranched alkanes of at least 4 members (excludes halogenated alkanes) is 1. The van der Waals surface area contributed by atoms with E-state index >= 15 is 0 Å². The minimum Gasteiger partial charge on any atom is -0.479 e. The molecule has 0 aliphatic heterocycles. The van der Waals surface area contributed by atoms with E-state index in [1.807, 2.05) is 0 Å². The monoisotopic (exact) mass is 294 g/mol. The number of carboxylic acids is 1. The number of aliphatic carboxylic acids is 1. The van der Waals surface area contributed by atoms with Crippen LogP contribution in [0.3, 0.4) is 0 Å². The van der Waals surface area contributed by atoms with Gasteiger partial charge in [0.05, 0.1) is 6.20 Å². The summed E-state index contributed by atoms with van der Waals surface area (Å²) in [7, 11) is 1.71. The smallest absolute Gasteiger partial charge is 0.331 e. The molecule has 1 aliphatic carbocycles. The highest BCUT2D eigenvalue weighted by Crippen LogP contribution is 2.27. The second kappa shape index (κ2) is 6.60. The molecular weight excluding hydrogens is 272 g/mol. The van der Waals surface area contributed by atoms with Gasteiger partial charge in [-0.1, -0.05) is 13.3 Å². The molecule has 1 heterocycles. The van der Waals surface area contributed by atoms with E-state index in [2.05, 4.69) is 17.3 Å². The third-order valence-corrected chi connectivity index (χ3v) is 3.57. The van der Waals surface area contributed by atoms with E-state index in [-0.39, 0.29) is 12.1 Å². The fourth-order valence-electron chi connectivity index (χ4n) is 2.25. The molecule has 1 aromatic rings. The van der Waals surface area contributed by atoms with Crippen LogP contribution >= 0.6 is 0 Å². The maximum absolute atomic E-state index is 12.3. The fraction of sp³-hybridized carbons (Fsp3) is 0.643. The maximum Gasteiger partial charge on any atom is 0.331 e. The van der Waals surface area contributed by atoms with E-state index < -0.39 is 12.0 Å². The van der Waals surface area contributed by atoms with Crippen molar-refractivity contribution < 1.29 is 14.7 Å². The van der Waals surface area contributed by atoms with Gasteiger partial charge >= 0.3 is 12.0 Å². The van der Waals surface area contributed by atoms with E-state index in [4.69, 9.17) is 0 Å². The van der Waals surface area contributed by atoms with Gasteiger partial charge in [-0.2, -0.15) is 5.10 Å². The van der Waals surface area contributed by atoms with Crippen LogP contribution in [0, 0.1) is 0 Å². The van der Waals surface area contributed by atoms with Crippen molar-refractivity contribution >= 4 is 12.0 Å². The fourth-order valence-corrected chi connectivity index (χ4v) is 2.25. The summed E-state index contributed by atoms with van der Waals surface area (Å²) in [6.07, 6.45) is 7.00. The zero-order valence-corrected chi connectivity index (χ0v) is 12.5. The van der Waals surface area contributed by atoms with Crippen molar-refractivity contribution in [3.05, 3.63) is 18.0 Å².